The van der Waals surface area contributed by atoms with Gasteiger partial charge in [-0.3, -0.25) is 0 Å². The number of hydrogen-bond donors (Lipinski definition) is 0. The van der Waals surface area contributed by atoms with Crippen LogP contribution < -0.4 is 29.6 Å². The molecule has 0 saturated heterocycles. The zero-order chi connectivity index (χ0) is 13.6. The molecule has 2 nitrogen and oxygen atoms in total. The van der Waals surface area contributed by atoms with Crippen molar-refractivity contribution < 1.29 is 40.5 Å². The van der Waals surface area contributed by atoms with Gasteiger partial charge in [-0.2, -0.15) is 0 Å². The predicted molar refractivity (Wildman–Crippen MR) is 78.7 cm³/mol. The van der Waals surface area contributed by atoms with Gasteiger partial charge in [-0.05, 0) is 13.3 Å². The van der Waals surface area contributed by atoms with Gasteiger partial charge >= 0.3 is 35.5 Å². The molecule has 0 atom stereocenters. The molecule has 0 aliphatic carbocycles. The summed E-state index contributed by atoms with van der Waals surface area (Å²) < 4.78 is 5.04. The van der Waals surface area contributed by atoms with Gasteiger partial charge in [0.25, 0.3) is 0 Å². The minimum absolute atomic E-state index is 0. The minimum Gasteiger partial charge on any atom is -1.00 e. The van der Waals surface area contributed by atoms with Crippen molar-refractivity contribution in [1.29, 1.82) is 0 Å². The maximum Gasteiger partial charge on any atom is 1.00 e. The molecule has 0 heterocycles. The first-order chi connectivity index (χ1) is 8.68. The van der Waals surface area contributed by atoms with Crippen LogP contribution in [-0.2, 0) is 9.53 Å². The maximum atomic E-state index is 11.1. The second-order valence-electron chi connectivity index (χ2n) is 5.10. The first-order valence-corrected chi connectivity index (χ1v) is 7.51. The number of unbranched alkanes of at least 4 members (excludes halogenated alkanes) is 9. The molecule has 0 rings (SSSR count). The summed E-state index contributed by atoms with van der Waals surface area (Å²) in [5, 5.41) is 0. The van der Waals surface area contributed by atoms with Crippen molar-refractivity contribution in [3.05, 3.63) is 12.2 Å². The van der Waals surface area contributed by atoms with Crippen molar-refractivity contribution >= 4 is 5.97 Å². The first kappa shape index (κ1) is 21.5. The molecule has 0 radical (unpaired) electrons. The maximum absolute atomic E-state index is 11.1. The van der Waals surface area contributed by atoms with Crippen LogP contribution in [0.5, 0.6) is 0 Å². The van der Waals surface area contributed by atoms with Crippen LogP contribution in [0.15, 0.2) is 12.2 Å². The zero-order valence-corrected chi connectivity index (χ0v) is 15.3. The molecular weight excluding hydrogens is 247 g/mol. The fourth-order valence-electron chi connectivity index (χ4n) is 1.88. The van der Waals surface area contributed by atoms with Crippen molar-refractivity contribution in [3.63, 3.8) is 0 Å². The summed E-state index contributed by atoms with van der Waals surface area (Å²) in [4.78, 5) is 11.1. The van der Waals surface area contributed by atoms with E-state index in [4.69, 9.17) is 4.74 Å². The quantitative estimate of drug-likeness (QED) is 0.237. The molecule has 0 unspecified atom stereocenters. The monoisotopic (exact) mass is 278 g/mol. The Morgan fingerprint density at radius 2 is 1.37 bits per heavy atom. The molecule has 0 aromatic carbocycles. The Kier molecular flexibility index (Phi) is 18.4. The molecule has 0 spiro atoms. The van der Waals surface area contributed by atoms with Gasteiger partial charge in [0, 0.05) is 5.57 Å². The van der Waals surface area contributed by atoms with E-state index in [2.05, 4.69) is 13.5 Å². The summed E-state index contributed by atoms with van der Waals surface area (Å²) in [7, 11) is 0. The van der Waals surface area contributed by atoms with Crippen molar-refractivity contribution in [2.24, 2.45) is 0 Å². The van der Waals surface area contributed by atoms with E-state index >= 15 is 0 Å². The molecule has 19 heavy (non-hydrogen) atoms. The van der Waals surface area contributed by atoms with Gasteiger partial charge in [0.05, 0.1) is 6.61 Å². The van der Waals surface area contributed by atoms with Gasteiger partial charge in [0.1, 0.15) is 0 Å². The van der Waals surface area contributed by atoms with Crippen LogP contribution >= 0.6 is 0 Å². The van der Waals surface area contributed by atoms with Gasteiger partial charge in [-0.1, -0.05) is 71.3 Å². The van der Waals surface area contributed by atoms with E-state index in [1.54, 1.807) is 6.92 Å². The number of esters is 1. The Hall–Kier alpha value is 0.210. The van der Waals surface area contributed by atoms with Crippen LogP contribution in [-0.4, -0.2) is 12.6 Å². The van der Waals surface area contributed by atoms with Crippen molar-refractivity contribution in [3.8, 4) is 0 Å². The van der Waals surface area contributed by atoms with E-state index in [1.807, 2.05) is 0 Å². The van der Waals surface area contributed by atoms with Gasteiger partial charge in [-0.25, -0.2) is 4.79 Å². The second kappa shape index (κ2) is 16.3. The molecule has 3 heteroatoms. The summed E-state index contributed by atoms with van der Waals surface area (Å²) in [5.74, 6) is -0.258. The molecule has 0 aliphatic rings. The van der Waals surface area contributed by atoms with E-state index in [9.17, 15) is 4.79 Å². The number of ether oxygens (including phenoxy) is 1. The molecule has 0 amide bonds. The van der Waals surface area contributed by atoms with Crippen LogP contribution in [0.3, 0.4) is 0 Å². The van der Waals surface area contributed by atoms with E-state index in [0.717, 1.165) is 6.42 Å². The molecule has 0 N–H and O–H groups in total. The first-order valence-electron chi connectivity index (χ1n) is 7.51. The Bertz CT molecular complexity index is 233. The normalized spacial score (nSPS) is 9.79. The third-order valence-electron chi connectivity index (χ3n) is 3.08. The summed E-state index contributed by atoms with van der Waals surface area (Å²) in [6.45, 7) is 8.03. The van der Waals surface area contributed by atoms with Crippen LogP contribution in [0.1, 0.15) is 79.5 Å². The van der Waals surface area contributed by atoms with Crippen LogP contribution in [0.25, 0.3) is 0 Å². The average molecular weight is 278 g/mol. The fraction of sp³-hybridized carbons (Fsp3) is 0.812. The molecular formula is C16H31NaO2. The molecule has 0 aromatic rings. The number of carbonyl (C=O) groups excluding carboxylic acids is 1. The number of carbonyl (C=O) groups is 1. The molecule has 0 fully saturated rings. The van der Waals surface area contributed by atoms with Crippen molar-refractivity contribution in [1.82, 2.24) is 0 Å². The minimum atomic E-state index is -0.258. The Balaban J connectivity index is -0.00000144. The van der Waals surface area contributed by atoms with Crippen molar-refractivity contribution in [2.45, 2.75) is 78.1 Å². The largest absolute Gasteiger partial charge is 1.00 e. The summed E-state index contributed by atoms with van der Waals surface area (Å²) in [6.07, 6.45) is 13.0. The smallest absolute Gasteiger partial charge is 1.00 e. The fourth-order valence-corrected chi connectivity index (χ4v) is 1.88. The van der Waals surface area contributed by atoms with Gasteiger partial charge in [-0.15, -0.1) is 0 Å². The molecule has 0 bridgehead atoms. The topological polar surface area (TPSA) is 26.3 Å². The summed E-state index contributed by atoms with van der Waals surface area (Å²) in [6, 6.07) is 0. The number of rotatable bonds is 12. The van der Waals surface area contributed by atoms with Gasteiger partial charge in [0.15, 0.2) is 0 Å². The van der Waals surface area contributed by atoms with E-state index < -0.39 is 0 Å². The van der Waals surface area contributed by atoms with Crippen LogP contribution in [0.2, 0.25) is 0 Å². The predicted octanol–water partition coefficient (Wildman–Crippen LogP) is 2.14. The Morgan fingerprint density at radius 3 is 1.79 bits per heavy atom. The van der Waals surface area contributed by atoms with E-state index in [1.165, 1.54) is 57.8 Å². The van der Waals surface area contributed by atoms with E-state index in [0.29, 0.717) is 12.2 Å². The second-order valence-corrected chi connectivity index (χ2v) is 5.10. The molecule has 0 aromatic heterocycles. The average Bonchev–Trinajstić information content (AvgIpc) is 2.35. The van der Waals surface area contributed by atoms with Crippen LogP contribution in [0, 0.1) is 0 Å². The molecule has 108 valence electrons. The van der Waals surface area contributed by atoms with E-state index in [-0.39, 0.29) is 37.0 Å². The van der Waals surface area contributed by atoms with Crippen LogP contribution in [0.4, 0.5) is 0 Å². The van der Waals surface area contributed by atoms with Gasteiger partial charge < -0.3 is 6.16 Å². The Morgan fingerprint density at radius 1 is 0.947 bits per heavy atom. The van der Waals surface area contributed by atoms with Gasteiger partial charge in [0.2, 0.25) is 0 Å². The van der Waals surface area contributed by atoms with Crippen molar-refractivity contribution in [2.75, 3.05) is 6.61 Å². The Labute approximate surface area is 143 Å². The standard InChI is InChI=1S/C16H30O2.Na.H/c1-4-5-6-7-8-9-10-11-12-13-14-18-16(17)15(2)3;;/h2,4-14H2,1,3H3;;/q;+1;-1. The third kappa shape index (κ3) is 16.2. The molecule has 0 saturated carbocycles. The summed E-state index contributed by atoms with van der Waals surface area (Å²) in [5.41, 5.74) is 0.488. The molecule has 0 aliphatic heterocycles. The number of hydrogen-bond acceptors (Lipinski definition) is 2. The summed E-state index contributed by atoms with van der Waals surface area (Å²) >= 11 is 0. The SMILES string of the molecule is C=C(C)C(=O)OCCCCCCCCCCCC.[H-].[Na+]. The zero-order valence-electron chi connectivity index (χ0n) is 14.3. The third-order valence-corrected chi connectivity index (χ3v) is 3.08.